The summed E-state index contributed by atoms with van der Waals surface area (Å²) >= 11 is 0. The van der Waals surface area contributed by atoms with Crippen LogP contribution >= 0.6 is 0 Å². The van der Waals surface area contributed by atoms with Crippen LogP contribution in [0.25, 0.3) is 10.9 Å². The lowest BCUT2D eigenvalue weighted by Gasteiger charge is -2.09. The zero-order valence-corrected chi connectivity index (χ0v) is 13.6. The third-order valence-corrected chi connectivity index (χ3v) is 3.78. The van der Waals surface area contributed by atoms with E-state index in [-0.39, 0.29) is 23.9 Å². The minimum absolute atomic E-state index is 0.174. The second kappa shape index (κ2) is 7.17. The SMILES string of the molecule is CCc1cc(=O)[nH]c2cc(NC(=O)COc3ccc(F)cc3)ccc12. The van der Waals surface area contributed by atoms with Crippen molar-refractivity contribution in [2.75, 3.05) is 11.9 Å². The Morgan fingerprint density at radius 1 is 1.16 bits per heavy atom. The van der Waals surface area contributed by atoms with Gasteiger partial charge < -0.3 is 15.0 Å². The van der Waals surface area contributed by atoms with Gasteiger partial charge in [0.25, 0.3) is 5.91 Å². The van der Waals surface area contributed by atoms with Crippen molar-refractivity contribution >= 4 is 22.5 Å². The Morgan fingerprint density at radius 2 is 1.92 bits per heavy atom. The summed E-state index contributed by atoms with van der Waals surface area (Å²) < 4.78 is 18.1. The molecule has 2 N–H and O–H groups in total. The lowest BCUT2D eigenvalue weighted by atomic mass is 10.1. The van der Waals surface area contributed by atoms with Gasteiger partial charge in [-0.1, -0.05) is 13.0 Å². The minimum atomic E-state index is -0.367. The molecule has 0 bridgehead atoms. The number of hydrogen-bond donors (Lipinski definition) is 2. The molecule has 0 aliphatic rings. The fourth-order valence-corrected chi connectivity index (χ4v) is 2.58. The number of H-pyrrole nitrogens is 1. The average Bonchev–Trinajstić information content (AvgIpc) is 2.60. The number of benzene rings is 2. The van der Waals surface area contributed by atoms with E-state index >= 15 is 0 Å². The Balaban J connectivity index is 1.70. The maximum Gasteiger partial charge on any atom is 0.262 e. The first-order valence-corrected chi connectivity index (χ1v) is 7.89. The number of ether oxygens (including phenoxy) is 1. The van der Waals surface area contributed by atoms with E-state index < -0.39 is 0 Å². The van der Waals surface area contributed by atoms with Crippen molar-refractivity contribution in [1.29, 1.82) is 0 Å². The Kier molecular flexibility index (Phi) is 4.79. The number of carbonyl (C=O) groups excluding carboxylic acids is 1. The fourth-order valence-electron chi connectivity index (χ4n) is 2.58. The van der Waals surface area contributed by atoms with Crippen LogP contribution in [0.2, 0.25) is 0 Å². The molecule has 5 nitrogen and oxygen atoms in total. The second-order valence-corrected chi connectivity index (χ2v) is 5.56. The molecule has 0 saturated carbocycles. The molecule has 0 aliphatic carbocycles. The van der Waals surface area contributed by atoms with Gasteiger partial charge in [-0.15, -0.1) is 0 Å². The highest BCUT2D eigenvalue weighted by Crippen LogP contribution is 2.20. The summed E-state index contributed by atoms with van der Waals surface area (Å²) in [5, 5.41) is 3.66. The molecule has 0 fully saturated rings. The van der Waals surface area contributed by atoms with E-state index in [0.29, 0.717) is 17.0 Å². The molecule has 3 aromatic rings. The van der Waals surface area contributed by atoms with Crippen molar-refractivity contribution in [2.24, 2.45) is 0 Å². The average molecular weight is 340 g/mol. The Hall–Kier alpha value is -3.15. The maximum atomic E-state index is 12.8. The molecule has 0 aliphatic heterocycles. The van der Waals surface area contributed by atoms with Crippen LogP contribution < -0.4 is 15.6 Å². The number of carbonyl (C=O) groups is 1. The van der Waals surface area contributed by atoms with Gasteiger partial charge in [0.15, 0.2) is 6.61 Å². The van der Waals surface area contributed by atoms with Crippen LogP contribution in [0.15, 0.2) is 53.3 Å². The monoisotopic (exact) mass is 340 g/mol. The lowest BCUT2D eigenvalue weighted by Crippen LogP contribution is -2.20. The molecule has 128 valence electrons. The number of nitrogens with one attached hydrogen (secondary N) is 2. The summed E-state index contributed by atoms with van der Waals surface area (Å²) in [4.78, 5) is 26.5. The van der Waals surface area contributed by atoms with Gasteiger partial charge in [-0.2, -0.15) is 0 Å². The molecule has 6 heteroatoms. The Morgan fingerprint density at radius 3 is 2.64 bits per heavy atom. The van der Waals surface area contributed by atoms with Gasteiger partial charge in [0.05, 0.1) is 5.52 Å². The molecule has 25 heavy (non-hydrogen) atoms. The summed E-state index contributed by atoms with van der Waals surface area (Å²) in [6, 6.07) is 12.4. The van der Waals surface area contributed by atoms with Crippen LogP contribution in [-0.2, 0) is 11.2 Å². The largest absolute Gasteiger partial charge is 0.484 e. The third-order valence-electron chi connectivity index (χ3n) is 3.78. The topological polar surface area (TPSA) is 71.2 Å². The van der Waals surface area contributed by atoms with Crippen molar-refractivity contribution in [1.82, 2.24) is 4.98 Å². The molecule has 0 unspecified atom stereocenters. The van der Waals surface area contributed by atoms with Gasteiger partial charge in [-0.3, -0.25) is 9.59 Å². The molecule has 3 rings (SSSR count). The van der Waals surface area contributed by atoms with Gasteiger partial charge in [0.1, 0.15) is 11.6 Å². The summed E-state index contributed by atoms with van der Waals surface area (Å²) in [6.07, 6.45) is 0.748. The van der Waals surface area contributed by atoms with Crippen molar-refractivity contribution in [3.05, 3.63) is 70.3 Å². The Labute approximate surface area is 143 Å². The van der Waals surface area contributed by atoms with Crippen molar-refractivity contribution < 1.29 is 13.9 Å². The van der Waals surface area contributed by atoms with Crippen LogP contribution in [0.5, 0.6) is 5.75 Å². The molecule has 2 aromatic carbocycles. The van der Waals surface area contributed by atoms with E-state index in [0.717, 1.165) is 17.4 Å². The van der Waals surface area contributed by atoms with E-state index in [9.17, 15) is 14.0 Å². The highest BCUT2D eigenvalue weighted by Gasteiger charge is 2.07. The third kappa shape index (κ3) is 4.03. The number of aromatic amines is 1. The normalized spacial score (nSPS) is 10.6. The van der Waals surface area contributed by atoms with Gasteiger partial charge >= 0.3 is 0 Å². The zero-order valence-electron chi connectivity index (χ0n) is 13.6. The van der Waals surface area contributed by atoms with E-state index in [1.807, 2.05) is 13.0 Å². The summed E-state index contributed by atoms with van der Waals surface area (Å²) in [5.41, 5.74) is 2.01. The van der Waals surface area contributed by atoms with Crippen LogP contribution in [0.3, 0.4) is 0 Å². The first-order valence-electron chi connectivity index (χ1n) is 7.89. The van der Waals surface area contributed by atoms with Crippen LogP contribution in [0, 0.1) is 5.82 Å². The first-order chi connectivity index (χ1) is 12.0. The summed E-state index contributed by atoms with van der Waals surface area (Å²) in [7, 11) is 0. The van der Waals surface area contributed by atoms with E-state index in [2.05, 4.69) is 10.3 Å². The Bertz CT molecular complexity index is 965. The van der Waals surface area contributed by atoms with Crippen molar-refractivity contribution in [3.63, 3.8) is 0 Å². The molecule has 0 atom stereocenters. The molecule has 0 saturated heterocycles. The highest BCUT2D eigenvalue weighted by molar-refractivity contribution is 5.94. The molecular formula is C19H17FN2O3. The molecule has 1 amide bonds. The van der Waals surface area contributed by atoms with E-state index in [1.165, 1.54) is 24.3 Å². The standard InChI is InChI=1S/C19H17FN2O3/c1-2-12-9-18(23)22-17-10-14(5-8-16(12)17)21-19(24)11-25-15-6-3-13(20)4-7-15/h3-10H,2,11H2,1H3,(H,21,24)(H,22,23). The van der Waals surface area contributed by atoms with Crippen molar-refractivity contribution in [2.45, 2.75) is 13.3 Å². The molecule has 0 radical (unpaired) electrons. The van der Waals surface area contributed by atoms with Crippen LogP contribution in [-0.4, -0.2) is 17.5 Å². The maximum absolute atomic E-state index is 12.8. The molecule has 0 spiro atoms. The van der Waals surface area contributed by atoms with Gasteiger partial charge in [-0.05, 0) is 48.4 Å². The first kappa shape index (κ1) is 16.7. The van der Waals surface area contributed by atoms with Gasteiger partial charge in [-0.25, -0.2) is 4.39 Å². The predicted molar refractivity (Wildman–Crippen MR) is 94.5 cm³/mol. The van der Waals surface area contributed by atoms with Crippen LogP contribution in [0.4, 0.5) is 10.1 Å². The van der Waals surface area contributed by atoms with Crippen LogP contribution in [0.1, 0.15) is 12.5 Å². The number of fused-ring (bicyclic) bond motifs is 1. The minimum Gasteiger partial charge on any atom is -0.484 e. The summed E-state index contributed by atoms with van der Waals surface area (Å²) in [6.45, 7) is 1.78. The van der Waals surface area contributed by atoms with E-state index in [4.69, 9.17) is 4.74 Å². The molecule has 1 heterocycles. The van der Waals surface area contributed by atoms with Gasteiger partial charge in [0, 0.05) is 17.1 Å². The predicted octanol–water partition coefficient (Wildman–Crippen LogP) is 3.25. The second-order valence-electron chi connectivity index (χ2n) is 5.56. The smallest absolute Gasteiger partial charge is 0.262 e. The number of pyridine rings is 1. The van der Waals surface area contributed by atoms with E-state index in [1.54, 1.807) is 18.2 Å². The number of rotatable bonds is 5. The fraction of sp³-hybridized carbons (Fsp3) is 0.158. The lowest BCUT2D eigenvalue weighted by molar-refractivity contribution is -0.118. The number of halogens is 1. The number of anilines is 1. The highest BCUT2D eigenvalue weighted by atomic mass is 19.1. The number of hydrogen-bond acceptors (Lipinski definition) is 3. The number of aryl methyl sites for hydroxylation is 1. The van der Waals surface area contributed by atoms with Crippen molar-refractivity contribution in [3.8, 4) is 5.75 Å². The zero-order chi connectivity index (χ0) is 17.8. The number of amides is 1. The number of aromatic nitrogens is 1. The molecule has 1 aromatic heterocycles. The van der Waals surface area contributed by atoms with Gasteiger partial charge in [0.2, 0.25) is 5.56 Å². The quantitative estimate of drug-likeness (QED) is 0.749. The summed E-state index contributed by atoms with van der Waals surface area (Å²) in [5.74, 6) is -0.307. The molecular weight excluding hydrogens is 323 g/mol.